The van der Waals surface area contributed by atoms with Gasteiger partial charge >= 0.3 is 7.32 Å². The number of nitrogen functional groups attached to an aromatic ring is 1. The molecule has 130 valence electrons. The first-order valence-electron chi connectivity index (χ1n) is 7.89. The van der Waals surface area contributed by atoms with Crippen molar-refractivity contribution in [3.05, 3.63) is 96.1 Å². The molecule has 0 amide bonds. The maximum absolute atomic E-state index is 8.34. The molecule has 25 heavy (non-hydrogen) atoms. The Morgan fingerprint density at radius 3 is 1.40 bits per heavy atom. The van der Waals surface area contributed by atoms with Crippen molar-refractivity contribution >= 4 is 13.0 Å². The van der Waals surface area contributed by atoms with E-state index in [0.29, 0.717) is 5.75 Å². The average molecular weight is 337 g/mol. The minimum atomic E-state index is -1.73. The van der Waals surface area contributed by atoms with Crippen molar-refractivity contribution < 1.29 is 14.7 Å². The summed E-state index contributed by atoms with van der Waals surface area (Å²) in [5.41, 5.74) is 8.92. The monoisotopic (exact) mass is 337 g/mol. The van der Waals surface area contributed by atoms with Crippen LogP contribution >= 0.6 is 0 Å². The molecule has 4 nitrogen and oxygen atoms in total. The molecule has 0 radical (unpaired) electrons. The zero-order valence-electron chi connectivity index (χ0n) is 14.5. The van der Waals surface area contributed by atoms with Crippen LogP contribution in [0.2, 0.25) is 0 Å². The lowest BCUT2D eigenvalue weighted by Gasteiger charge is -2.01. The molecule has 0 unspecified atom stereocenters. The van der Waals surface area contributed by atoms with Crippen LogP contribution in [-0.2, 0) is 0 Å². The summed E-state index contributed by atoms with van der Waals surface area (Å²) in [4.78, 5) is 0. The Balaban J connectivity index is 0.000000191. The summed E-state index contributed by atoms with van der Waals surface area (Å²) in [7, 11) is -1.73. The molecule has 0 spiro atoms. The molecule has 0 bridgehead atoms. The zero-order valence-corrected chi connectivity index (χ0v) is 14.5. The van der Waals surface area contributed by atoms with E-state index in [2.05, 4.69) is 42.8 Å². The van der Waals surface area contributed by atoms with E-state index in [1.807, 2.05) is 36.4 Å². The van der Waals surface area contributed by atoms with Gasteiger partial charge in [0.05, 0.1) is 0 Å². The second kappa shape index (κ2) is 11.7. The van der Waals surface area contributed by atoms with E-state index in [-0.39, 0.29) is 0 Å². The number of benzene rings is 3. The summed E-state index contributed by atoms with van der Waals surface area (Å²) in [6, 6.07) is 26.4. The Morgan fingerprint density at radius 1 is 0.680 bits per heavy atom. The van der Waals surface area contributed by atoms with Gasteiger partial charge in [-0.05, 0) is 49.2 Å². The smallest absolute Gasteiger partial charge is 0.512 e. The fraction of sp³-hybridized carbons (Fsp3) is 0.100. The summed E-state index contributed by atoms with van der Waals surface area (Å²) in [6.45, 7) is 4.24. The van der Waals surface area contributed by atoms with Gasteiger partial charge in [0.1, 0.15) is 5.75 Å². The van der Waals surface area contributed by atoms with E-state index in [9.17, 15) is 0 Å². The highest BCUT2D eigenvalue weighted by molar-refractivity contribution is 6.33. The summed E-state index contributed by atoms with van der Waals surface area (Å²) >= 11 is 0. The first-order chi connectivity index (χ1) is 12.0. The van der Waals surface area contributed by atoms with Crippen LogP contribution in [0.15, 0.2) is 84.9 Å². The highest BCUT2D eigenvalue weighted by Gasteiger charge is 2.09. The molecule has 3 rings (SSSR count). The lowest BCUT2D eigenvalue weighted by Crippen LogP contribution is -2.20. The van der Waals surface area contributed by atoms with Crippen LogP contribution in [0, 0.1) is 13.8 Å². The number of hydrogen-bond donors (Lipinski definition) is 3. The van der Waals surface area contributed by atoms with Crippen molar-refractivity contribution in [3.63, 3.8) is 0 Å². The molecule has 0 aromatic heterocycles. The summed E-state index contributed by atoms with van der Waals surface area (Å²) in [5.74, 6) is 0.442. The quantitative estimate of drug-likeness (QED) is 0.493. The van der Waals surface area contributed by atoms with Crippen LogP contribution in [0.5, 0.6) is 5.75 Å². The standard InChI is InChI=1S/C8H10.C6H7BO3.C6H7N/c1-7-5-3-4-6-8(7)2;8-7(9)10-6-4-2-1-3-5-6;7-6-4-2-1-3-5-6/h3-6H,1-2H3;1-5,8-9H;1-5H,7H2. The number of anilines is 1. The van der Waals surface area contributed by atoms with Crippen molar-refractivity contribution in [3.8, 4) is 5.75 Å². The van der Waals surface area contributed by atoms with Gasteiger partial charge in [-0.15, -0.1) is 0 Å². The molecule has 0 fully saturated rings. The molecule has 0 saturated carbocycles. The average Bonchev–Trinajstić information content (AvgIpc) is 2.60. The summed E-state index contributed by atoms with van der Waals surface area (Å²) < 4.78 is 4.53. The van der Waals surface area contributed by atoms with Gasteiger partial charge in [0.25, 0.3) is 0 Å². The second-order valence-electron chi connectivity index (χ2n) is 5.25. The molecule has 3 aromatic rings. The third kappa shape index (κ3) is 9.86. The third-order valence-electron chi connectivity index (χ3n) is 3.21. The number of rotatable bonds is 2. The molecule has 0 aliphatic carbocycles. The van der Waals surface area contributed by atoms with Crippen LogP contribution in [0.1, 0.15) is 11.1 Å². The number of para-hydroxylation sites is 2. The minimum Gasteiger partial charge on any atom is -0.512 e. The molecule has 0 heterocycles. The predicted molar refractivity (Wildman–Crippen MR) is 104 cm³/mol. The van der Waals surface area contributed by atoms with Crippen LogP contribution < -0.4 is 10.4 Å². The molecule has 0 saturated heterocycles. The number of nitrogens with two attached hydrogens (primary N) is 1. The van der Waals surface area contributed by atoms with Crippen LogP contribution in [0.25, 0.3) is 0 Å². The van der Waals surface area contributed by atoms with Gasteiger partial charge in [-0.1, -0.05) is 60.7 Å². The first kappa shape index (κ1) is 20.3. The summed E-state index contributed by atoms with van der Waals surface area (Å²) in [6.07, 6.45) is 0. The lowest BCUT2D eigenvalue weighted by molar-refractivity contribution is 0.288. The Hall–Kier alpha value is -2.76. The van der Waals surface area contributed by atoms with Crippen molar-refractivity contribution in [2.24, 2.45) is 0 Å². The summed E-state index contributed by atoms with van der Waals surface area (Å²) in [5, 5.41) is 16.7. The number of hydrogen-bond acceptors (Lipinski definition) is 4. The predicted octanol–water partition coefficient (Wildman–Crippen LogP) is 3.61. The normalized spacial score (nSPS) is 8.96. The minimum absolute atomic E-state index is 0.442. The van der Waals surface area contributed by atoms with Crippen molar-refractivity contribution in [2.75, 3.05) is 5.73 Å². The highest BCUT2D eigenvalue weighted by atomic mass is 16.6. The van der Waals surface area contributed by atoms with E-state index in [4.69, 9.17) is 15.8 Å². The molecule has 5 heteroatoms. The van der Waals surface area contributed by atoms with Gasteiger partial charge in [-0.2, -0.15) is 0 Å². The largest absolute Gasteiger partial charge is 0.707 e. The zero-order chi connectivity index (χ0) is 18.5. The van der Waals surface area contributed by atoms with Crippen LogP contribution in [0.3, 0.4) is 0 Å². The van der Waals surface area contributed by atoms with Gasteiger partial charge < -0.3 is 20.4 Å². The van der Waals surface area contributed by atoms with Gasteiger partial charge in [0, 0.05) is 5.69 Å². The van der Waals surface area contributed by atoms with Crippen molar-refractivity contribution in [2.45, 2.75) is 13.8 Å². The van der Waals surface area contributed by atoms with Gasteiger partial charge in [0.2, 0.25) is 0 Å². The van der Waals surface area contributed by atoms with E-state index in [0.717, 1.165) is 5.69 Å². The molecule has 0 aliphatic heterocycles. The fourth-order valence-corrected chi connectivity index (χ4v) is 1.74. The molecular weight excluding hydrogens is 313 g/mol. The molecule has 0 atom stereocenters. The topological polar surface area (TPSA) is 75.7 Å². The highest BCUT2D eigenvalue weighted by Crippen LogP contribution is 2.07. The Bertz CT molecular complexity index is 685. The molecule has 4 N–H and O–H groups in total. The maximum atomic E-state index is 8.34. The lowest BCUT2D eigenvalue weighted by atomic mass is 10.1. The molecule has 0 aliphatic rings. The van der Waals surface area contributed by atoms with E-state index >= 15 is 0 Å². The Morgan fingerprint density at radius 2 is 1.08 bits per heavy atom. The van der Waals surface area contributed by atoms with E-state index in [1.165, 1.54) is 11.1 Å². The van der Waals surface area contributed by atoms with Crippen LogP contribution in [-0.4, -0.2) is 17.4 Å². The SMILES string of the molecule is Cc1ccccc1C.Nc1ccccc1.OB(O)Oc1ccccc1. The Labute approximate surface area is 149 Å². The molecule has 3 aromatic carbocycles. The fourth-order valence-electron chi connectivity index (χ4n) is 1.74. The van der Waals surface area contributed by atoms with E-state index in [1.54, 1.807) is 24.3 Å². The molecular formula is C20H24BNO3. The Kier molecular flexibility index (Phi) is 9.52. The van der Waals surface area contributed by atoms with Crippen LogP contribution in [0.4, 0.5) is 5.69 Å². The van der Waals surface area contributed by atoms with Gasteiger partial charge in [-0.3, -0.25) is 0 Å². The van der Waals surface area contributed by atoms with E-state index < -0.39 is 7.32 Å². The maximum Gasteiger partial charge on any atom is 0.707 e. The second-order valence-corrected chi connectivity index (χ2v) is 5.25. The van der Waals surface area contributed by atoms with Gasteiger partial charge in [0.15, 0.2) is 0 Å². The first-order valence-corrected chi connectivity index (χ1v) is 7.89. The van der Waals surface area contributed by atoms with Crippen molar-refractivity contribution in [1.29, 1.82) is 0 Å². The van der Waals surface area contributed by atoms with Gasteiger partial charge in [-0.25, -0.2) is 0 Å². The number of aryl methyl sites for hydroxylation is 2. The van der Waals surface area contributed by atoms with Crippen molar-refractivity contribution in [1.82, 2.24) is 0 Å². The third-order valence-corrected chi connectivity index (χ3v) is 3.21.